The predicted molar refractivity (Wildman–Crippen MR) is 99.9 cm³/mol. The van der Waals surface area contributed by atoms with Crippen LogP contribution in [0.5, 0.6) is 5.75 Å². The summed E-state index contributed by atoms with van der Waals surface area (Å²) >= 11 is 0. The molecule has 0 aliphatic carbocycles. The summed E-state index contributed by atoms with van der Waals surface area (Å²) in [6.07, 6.45) is 1.37. The van der Waals surface area contributed by atoms with Crippen LogP contribution in [0, 0.1) is 6.92 Å². The number of likely N-dealkylation sites (tertiary alicyclic amines) is 1. The van der Waals surface area contributed by atoms with Crippen molar-refractivity contribution < 1.29 is 9.50 Å². The van der Waals surface area contributed by atoms with E-state index in [9.17, 15) is 9.50 Å². The van der Waals surface area contributed by atoms with E-state index in [2.05, 4.69) is 9.88 Å². The fraction of sp³-hybridized carbons (Fsp3) is 0.368. The molecule has 1 aliphatic rings. The molecule has 5 nitrogen and oxygen atoms in total. The SMILES string of the molecule is Cc1c(C2CN(C)CCC2F)[nH]c(N)c1/C=C(\N)c1ccccc1O. The van der Waals surface area contributed by atoms with E-state index in [1.54, 1.807) is 30.3 Å². The van der Waals surface area contributed by atoms with Crippen molar-refractivity contribution in [1.29, 1.82) is 0 Å². The molecule has 0 spiro atoms. The molecule has 2 atom stereocenters. The molecule has 2 aromatic rings. The zero-order valence-electron chi connectivity index (χ0n) is 14.6. The van der Waals surface area contributed by atoms with Crippen molar-refractivity contribution in [3.8, 4) is 5.75 Å². The van der Waals surface area contributed by atoms with E-state index in [1.165, 1.54) is 0 Å². The second kappa shape index (κ2) is 6.80. The first-order chi connectivity index (χ1) is 11.9. The summed E-state index contributed by atoms with van der Waals surface area (Å²) in [5, 5.41) is 9.96. The normalized spacial score (nSPS) is 22.3. The number of rotatable bonds is 3. The largest absolute Gasteiger partial charge is 0.507 e. The number of phenols is 1. The lowest BCUT2D eigenvalue weighted by atomic mass is 9.90. The maximum atomic E-state index is 14.4. The second-order valence-electron chi connectivity index (χ2n) is 6.78. The summed E-state index contributed by atoms with van der Waals surface area (Å²) in [5.41, 5.74) is 15.7. The van der Waals surface area contributed by atoms with E-state index in [0.717, 1.165) is 23.4 Å². The number of benzene rings is 1. The van der Waals surface area contributed by atoms with Gasteiger partial charge in [-0.1, -0.05) is 12.1 Å². The van der Waals surface area contributed by atoms with Crippen molar-refractivity contribution >= 4 is 17.6 Å². The van der Waals surface area contributed by atoms with Crippen LogP contribution in [0.25, 0.3) is 11.8 Å². The lowest BCUT2D eigenvalue weighted by Crippen LogP contribution is -2.38. The Labute approximate surface area is 147 Å². The molecule has 1 saturated heterocycles. The number of likely N-dealkylation sites (N-methyl/N-ethyl adjacent to an activating group) is 1. The number of nitrogens with two attached hydrogens (primary N) is 2. The molecular formula is C19H25FN4O. The maximum absolute atomic E-state index is 14.4. The second-order valence-corrected chi connectivity index (χ2v) is 6.78. The Bertz CT molecular complexity index is 799. The molecule has 1 aromatic carbocycles. The highest BCUT2D eigenvalue weighted by atomic mass is 19.1. The topological polar surface area (TPSA) is 91.3 Å². The number of anilines is 1. The summed E-state index contributed by atoms with van der Waals surface area (Å²) in [6, 6.07) is 6.87. The van der Waals surface area contributed by atoms with Crippen LogP contribution in [0.2, 0.25) is 0 Å². The first kappa shape index (κ1) is 17.4. The van der Waals surface area contributed by atoms with Crippen LogP contribution in [0.3, 0.4) is 0 Å². The molecular weight excluding hydrogens is 319 g/mol. The van der Waals surface area contributed by atoms with Gasteiger partial charge in [-0.2, -0.15) is 0 Å². The minimum absolute atomic E-state index is 0.112. The number of piperidine rings is 1. The van der Waals surface area contributed by atoms with Gasteiger partial charge in [-0.3, -0.25) is 0 Å². The highest BCUT2D eigenvalue weighted by molar-refractivity contribution is 5.85. The minimum atomic E-state index is -0.889. The van der Waals surface area contributed by atoms with Gasteiger partial charge in [0.25, 0.3) is 0 Å². The predicted octanol–water partition coefficient (Wildman–Crippen LogP) is 2.82. The number of nitrogens with zero attached hydrogens (tertiary/aromatic N) is 1. The summed E-state index contributed by atoms with van der Waals surface area (Å²) in [5.74, 6) is 0.349. The molecule has 1 fully saturated rings. The van der Waals surface area contributed by atoms with Crippen molar-refractivity contribution in [3.05, 3.63) is 46.6 Å². The first-order valence-electron chi connectivity index (χ1n) is 8.44. The van der Waals surface area contributed by atoms with Crippen molar-refractivity contribution in [1.82, 2.24) is 9.88 Å². The molecule has 6 heteroatoms. The number of hydrogen-bond donors (Lipinski definition) is 4. The molecule has 0 amide bonds. The third kappa shape index (κ3) is 3.35. The lowest BCUT2D eigenvalue weighted by Gasteiger charge is -2.32. The molecule has 6 N–H and O–H groups in total. The Morgan fingerprint density at radius 1 is 1.40 bits per heavy atom. The van der Waals surface area contributed by atoms with Gasteiger partial charge in [0.2, 0.25) is 0 Å². The fourth-order valence-electron chi connectivity index (χ4n) is 3.52. The summed E-state index contributed by atoms with van der Waals surface area (Å²) in [7, 11) is 2.00. The van der Waals surface area contributed by atoms with Crippen molar-refractivity contribution in [2.45, 2.75) is 25.4 Å². The number of aromatic amines is 1. The van der Waals surface area contributed by atoms with E-state index < -0.39 is 6.17 Å². The number of phenolic OH excluding ortho intramolecular Hbond substituents is 1. The van der Waals surface area contributed by atoms with E-state index >= 15 is 0 Å². The molecule has 25 heavy (non-hydrogen) atoms. The Balaban J connectivity index is 1.97. The summed E-state index contributed by atoms with van der Waals surface area (Å²) in [6.45, 7) is 3.34. The van der Waals surface area contributed by atoms with Gasteiger partial charge in [-0.25, -0.2) is 4.39 Å². The van der Waals surface area contributed by atoms with Gasteiger partial charge < -0.3 is 26.5 Å². The molecule has 2 heterocycles. The Morgan fingerprint density at radius 2 is 2.12 bits per heavy atom. The number of aromatic hydroxyl groups is 1. The highest BCUT2D eigenvalue weighted by Crippen LogP contribution is 2.35. The van der Waals surface area contributed by atoms with E-state index in [-0.39, 0.29) is 11.7 Å². The van der Waals surface area contributed by atoms with Gasteiger partial charge in [-0.05, 0) is 44.2 Å². The Hall–Kier alpha value is -2.47. The van der Waals surface area contributed by atoms with Crippen LogP contribution in [0.4, 0.5) is 10.2 Å². The Morgan fingerprint density at radius 3 is 2.84 bits per heavy atom. The molecule has 1 aromatic heterocycles. The number of para-hydroxylation sites is 1. The summed E-state index contributed by atoms with van der Waals surface area (Å²) < 4.78 is 14.4. The van der Waals surface area contributed by atoms with Crippen molar-refractivity contribution in [2.24, 2.45) is 5.73 Å². The average Bonchev–Trinajstić information content (AvgIpc) is 2.85. The van der Waals surface area contributed by atoms with Crippen LogP contribution >= 0.6 is 0 Å². The smallest absolute Gasteiger partial charge is 0.124 e. The zero-order chi connectivity index (χ0) is 18.1. The number of H-pyrrole nitrogens is 1. The quantitative estimate of drug-likeness (QED) is 0.689. The van der Waals surface area contributed by atoms with Gasteiger partial charge in [0, 0.05) is 41.5 Å². The van der Waals surface area contributed by atoms with E-state index in [4.69, 9.17) is 11.5 Å². The third-order valence-corrected chi connectivity index (χ3v) is 4.98. The van der Waals surface area contributed by atoms with Gasteiger partial charge in [-0.15, -0.1) is 0 Å². The van der Waals surface area contributed by atoms with E-state index in [0.29, 0.717) is 30.0 Å². The van der Waals surface area contributed by atoms with Crippen LogP contribution < -0.4 is 11.5 Å². The molecule has 2 unspecified atom stereocenters. The van der Waals surface area contributed by atoms with Crippen LogP contribution in [-0.4, -0.2) is 41.3 Å². The third-order valence-electron chi connectivity index (χ3n) is 4.98. The standard InChI is InChI=1S/C19H25FN4O/c1-11-13(9-16(21)12-5-3-4-6-17(12)25)19(22)23-18(11)14-10-24(2)8-7-15(14)20/h3-6,9,14-15,23,25H,7-8,10,21-22H2,1-2H3/b16-9-. The van der Waals surface area contributed by atoms with E-state index in [1.807, 2.05) is 14.0 Å². The minimum Gasteiger partial charge on any atom is -0.507 e. The lowest BCUT2D eigenvalue weighted by molar-refractivity contribution is 0.144. The Kier molecular flexibility index (Phi) is 4.72. The number of nitrogens with one attached hydrogen (secondary N) is 1. The van der Waals surface area contributed by atoms with Gasteiger partial charge in [0.1, 0.15) is 17.7 Å². The molecule has 0 radical (unpaired) electrons. The zero-order valence-corrected chi connectivity index (χ0v) is 14.6. The molecule has 1 aliphatic heterocycles. The van der Waals surface area contributed by atoms with Crippen molar-refractivity contribution in [3.63, 3.8) is 0 Å². The fourth-order valence-corrected chi connectivity index (χ4v) is 3.52. The molecule has 3 rings (SSSR count). The molecule has 134 valence electrons. The summed E-state index contributed by atoms with van der Waals surface area (Å²) in [4.78, 5) is 5.28. The maximum Gasteiger partial charge on any atom is 0.124 e. The number of alkyl halides is 1. The van der Waals surface area contributed by atoms with Gasteiger partial charge >= 0.3 is 0 Å². The van der Waals surface area contributed by atoms with Crippen LogP contribution in [0.15, 0.2) is 24.3 Å². The van der Waals surface area contributed by atoms with Crippen LogP contribution in [-0.2, 0) is 0 Å². The molecule has 0 saturated carbocycles. The highest BCUT2D eigenvalue weighted by Gasteiger charge is 2.32. The molecule has 0 bridgehead atoms. The average molecular weight is 344 g/mol. The number of nitrogen functional groups attached to an aromatic ring is 1. The number of hydrogen-bond acceptors (Lipinski definition) is 4. The van der Waals surface area contributed by atoms with Gasteiger partial charge in [0.15, 0.2) is 0 Å². The van der Waals surface area contributed by atoms with Crippen molar-refractivity contribution in [2.75, 3.05) is 25.9 Å². The number of halogens is 1. The van der Waals surface area contributed by atoms with Gasteiger partial charge in [0.05, 0.1) is 0 Å². The number of aromatic nitrogens is 1. The first-order valence-corrected chi connectivity index (χ1v) is 8.44. The van der Waals surface area contributed by atoms with Crippen LogP contribution in [0.1, 0.15) is 34.7 Å². The monoisotopic (exact) mass is 344 g/mol.